The summed E-state index contributed by atoms with van der Waals surface area (Å²) in [5.41, 5.74) is 4.80. The number of benzene rings is 2. The summed E-state index contributed by atoms with van der Waals surface area (Å²) < 4.78 is 32.5. The van der Waals surface area contributed by atoms with E-state index in [1.165, 1.54) is 27.2 Å². The van der Waals surface area contributed by atoms with E-state index in [4.69, 9.17) is 28.4 Å². The number of hydrogen-bond donors (Lipinski definition) is 0. The first-order chi connectivity index (χ1) is 19.1. The molecule has 0 saturated heterocycles. The zero-order valence-electron chi connectivity index (χ0n) is 23.1. The molecule has 0 fully saturated rings. The number of likely N-dealkylation sites (N-methyl/N-ethyl adjacent to an activating group) is 1. The van der Waals surface area contributed by atoms with Gasteiger partial charge in [0.25, 0.3) is 0 Å². The fourth-order valence-corrected chi connectivity index (χ4v) is 4.25. The van der Waals surface area contributed by atoms with E-state index in [0.29, 0.717) is 72.4 Å². The van der Waals surface area contributed by atoms with Gasteiger partial charge in [-0.25, -0.2) is 4.79 Å². The van der Waals surface area contributed by atoms with E-state index in [1.54, 1.807) is 7.05 Å². The van der Waals surface area contributed by atoms with Crippen LogP contribution in [0.15, 0.2) is 48.5 Å². The normalized spacial score (nSPS) is 12.2. The molecular weight excluding hydrogens is 502 g/mol. The van der Waals surface area contributed by atoms with E-state index in [0.717, 1.165) is 6.42 Å². The molecule has 9 nitrogen and oxygen atoms in total. The standard InChI is InChI=1S/C30H41NO8/c1-3-8-29(32)38-22-21-37-20-19-36-18-17-35-16-15-34-14-13-31(2)30(33)39-23-28-26-11-6-4-9-24(26)25-10-5-7-12-27(25)28/h4-7,9-12,28H,3,8,13-23H2,1-2H3. The van der Waals surface area contributed by atoms with Gasteiger partial charge in [0.1, 0.15) is 13.2 Å². The van der Waals surface area contributed by atoms with Crippen LogP contribution >= 0.6 is 0 Å². The summed E-state index contributed by atoms with van der Waals surface area (Å²) in [7, 11) is 1.71. The quantitative estimate of drug-likeness (QED) is 0.192. The maximum atomic E-state index is 12.5. The summed E-state index contributed by atoms with van der Waals surface area (Å²) in [6.45, 7) is 6.36. The average molecular weight is 544 g/mol. The molecule has 3 rings (SSSR count). The highest BCUT2D eigenvalue weighted by atomic mass is 16.6. The van der Waals surface area contributed by atoms with Crippen molar-refractivity contribution in [3.63, 3.8) is 0 Å². The Bertz CT molecular complexity index is 968. The van der Waals surface area contributed by atoms with Crippen LogP contribution in [0, 0.1) is 0 Å². The third kappa shape index (κ3) is 10.3. The van der Waals surface area contributed by atoms with Gasteiger partial charge in [-0.1, -0.05) is 55.5 Å². The summed E-state index contributed by atoms with van der Waals surface area (Å²) in [5.74, 6) is -0.150. The molecule has 0 bridgehead atoms. The molecule has 0 aromatic heterocycles. The number of rotatable bonds is 19. The molecule has 0 aliphatic heterocycles. The molecule has 1 amide bonds. The highest BCUT2D eigenvalue weighted by Crippen LogP contribution is 2.44. The van der Waals surface area contributed by atoms with E-state index in [1.807, 2.05) is 31.2 Å². The summed E-state index contributed by atoms with van der Waals surface area (Å²) in [6.07, 6.45) is 0.852. The molecule has 214 valence electrons. The first-order valence-corrected chi connectivity index (χ1v) is 13.6. The highest BCUT2D eigenvalue weighted by Gasteiger charge is 2.29. The molecule has 0 saturated carbocycles. The molecule has 1 aliphatic rings. The summed E-state index contributed by atoms with van der Waals surface area (Å²) in [4.78, 5) is 25.2. The van der Waals surface area contributed by atoms with Crippen LogP contribution in [0.25, 0.3) is 11.1 Å². The van der Waals surface area contributed by atoms with E-state index in [9.17, 15) is 9.59 Å². The van der Waals surface area contributed by atoms with Crippen LogP contribution in [0.1, 0.15) is 36.8 Å². The van der Waals surface area contributed by atoms with E-state index in [-0.39, 0.29) is 24.6 Å². The summed E-state index contributed by atoms with van der Waals surface area (Å²) in [6, 6.07) is 16.6. The van der Waals surface area contributed by atoms with Crippen LogP contribution in [0.3, 0.4) is 0 Å². The number of esters is 1. The van der Waals surface area contributed by atoms with Gasteiger partial charge in [0.15, 0.2) is 0 Å². The topological polar surface area (TPSA) is 92.8 Å². The van der Waals surface area contributed by atoms with Crippen LogP contribution in [0.2, 0.25) is 0 Å². The van der Waals surface area contributed by atoms with Crippen LogP contribution in [-0.4, -0.2) is 96.6 Å². The molecule has 0 heterocycles. The lowest BCUT2D eigenvalue weighted by atomic mass is 9.98. The van der Waals surface area contributed by atoms with Crippen LogP contribution < -0.4 is 0 Å². The maximum absolute atomic E-state index is 12.5. The molecule has 9 heteroatoms. The zero-order valence-corrected chi connectivity index (χ0v) is 23.1. The summed E-state index contributed by atoms with van der Waals surface area (Å²) in [5, 5.41) is 0. The average Bonchev–Trinajstić information content (AvgIpc) is 3.27. The molecule has 2 aromatic rings. The number of carbonyl (C=O) groups excluding carboxylic acids is 2. The van der Waals surface area contributed by atoms with Crippen LogP contribution in [0.4, 0.5) is 4.79 Å². The van der Waals surface area contributed by atoms with Crippen molar-refractivity contribution in [2.45, 2.75) is 25.7 Å². The second-order valence-corrected chi connectivity index (χ2v) is 9.15. The Morgan fingerprint density at radius 2 is 1.18 bits per heavy atom. The molecule has 0 N–H and O–H groups in total. The third-order valence-corrected chi connectivity index (χ3v) is 6.28. The van der Waals surface area contributed by atoms with Crippen molar-refractivity contribution < 1.29 is 38.0 Å². The smallest absolute Gasteiger partial charge is 0.409 e. The second-order valence-electron chi connectivity index (χ2n) is 9.15. The zero-order chi connectivity index (χ0) is 27.7. The van der Waals surface area contributed by atoms with Crippen molar-refractivity contribution >= 4 is 12.1 Å². The van der Waals surface area contributed by atoms with Crippen molar-refractivity contribution in [1.82, 2.24) is 4.90 Å². The fourth-order valence-electron chi connectivity index (χ4n) is 4.25. The minimum absolute atomic E-state index is 0.0431. The lowest BCUT2D eigenvalue weighted by Crippen LogP contribution is -2.32. The first-order valence-electron chi connectivity index (χ1n) is 13.6. The number of hydrogen-bond acceptors (Lipinski definition) is 8. The van der Waals surface area contributed by atoms with Crippen molar-refractivity contribution in [2.75, 3.05) is 79.7 Å². The lowest BCUT2D eigenvalue weighted by Gasteiger charge is -2.19. The SMILES string of the molecule is CCCC(=O)OCCOCCOCCOCCOCCN(C)C(=O)OCC1c2ccccc2-c2ccccc21. The van der Waals surface area contributed by atoms with Crippen molar-refractivity contribution in [1.29, 1.82) is 0 Å². The first kappa shape index (κ1) is 30.6. The van der Waals surface area contributed by atoms with Gasteiger partial charge in [-0.05, 0) is 28.7 Å². The maximum Gasteiger partial charge on any atom is 0.409 e. The van der Waals surface area contributed by atoms with Crippen molar-refractivity contribution in [3.8, 4) is 11.1 Å². The Morgan fingerprint density at radius 3 is 1.72 bits per heavy atom. The molecule has 0 unspecified atom stereocenters. The number of carbonyl (C=O) groups is 2. The molecular formula is C30H41NO8. The lowest BCUT2D eigenvalue weighted by molar-refractivity contribution is -0.145. The molecule has 1 aliphatic carbocycles. The number of ether oxygens (including phenoxy) is 6. The van der Waals surface area contributed by atoms with Gasteiger partial charge < -0.3 is 33.3 Å². The molecule has 0 atom stereocenters. The predicted molar refractivity (Wildman–Crippen MR) is 147 cm³/mol. The Morgan fingerprint density at radius 1 is 0.692 bits per heavy atom. The van der Waals surface area contributed by atoms with Gasteiger partial charge in [-0.3, -0.25) is 4.79 Å². The number of amides is 1. The monoisotopic (exact) mass is 543 g/mol. The second kappa shape index (κ2) is 17.6. The van der Waals surface area contributed by atoms with Crippen LogP contribution in [-0.2, 0) is 33.2 Å². The van der Waals surface area contributed by atoms with Crippen molar-refractivity contribution in [2.24, 2.45) is 0 Å². The Kier molecular flexibility index (Phi) is 13.8. The van der Waals surface area contributed by atoms with Gasteiger partial charge in [0, 0.05) is 25.9 Å². The van der Waals surface area contributed by atoms with Crippen LogP contribution in [0.5, 0.6) is 0 Å². The van der Waals surface area contributed by atoms with Gasteiger partial charge >= 0.3 is 12.1 Å². The van der Waals surface area contributed by atoms with E-state index < -0.39 is 0 Å². The minimum atomic E-state index is -0.365. The Balaban J connectivity index is 1.15. The predicted octanol–water partition coefficient (Wildman–Crippen LogP) is 4.28. The van der Waals surface area contributed by atoms with Crippen molar-refractivity contribution in [3.05, 3.63) is 59.7 Å². The number of nitrogens with zero attached hydrogens (tertiary/aromatic N) is 1. The van der Waals surface area contributed by atoms with Gasteiger partial charge in [-0.15, -0.1) is 0 Å². The Labute approximate surface area is 231 Å². The number of fused-ring (bicyclic) bond motifs is 3. The summed E-state index contributed by atoms with van der Waals surface area (Å²) >= 11 is 0. The van der Waals surface area contributed by atoms with E-state index >= 15 is 0 Å². The fraction of sp³-hybridized carbons (Fsp3) is 0.533. The molecule has 39 heavy (non-hydrogen) atoms. The third-order valence-electron chi connectivity index (χ3n) is 6.28. The minimum Gasteiger partial charge on any atom is -0.463 e. The molecule has 2 aromatic carbocycles. The Hall–Kier alpha value is -2.98. The highest BCUT2D eigenvalue weighted by molar-refractivity contribution is 5.79. The largest absolute Gasteiger partial charge is 0.463 e. The molecule has 0 spiro atoms. The van der Waals surface area contributed by atoms with Gasteiger partial charge in [0.05, 0.1) is 52.9 Å². The van der Waals surface area contributed by atoms with E-state index in [2.05, 4.69) is 24.3 Å². The van der Waals surface area contributed by atoms with Gasteiger partial charge in [0.2, 0.25) is 0 Å². The van der Waals surface area contributed by atoms with Gasteiger partial charge in [-0.2, -0.15) is 0 Å². The molecule has 0 radical (unpaired) electrons.